The van der Waals surface area contributed by atoms with Crippen molar-refractivity contribution in [3.63, 3.8) is 0 Å². The van der Waals surface area contributed by atoms with Crippen LogP contribution in [0.1, 0.15) is 26.3 Å². The molecule has 3 rings (SSSR count). The van der Waals surface area contributed by atoms with Crippen molar-refractivity contribution in [1.82, 2.24) is 4.58 Å². The van der Waals surface area contributed by atoms with Gasteiger partial charge in [0.25, 0.3) is 0 Å². The van der Waals surface area contributed by atoms with Gasteiger partial charge in [-0.2, -0.15) is 0 Å². The van der Waals surface area contributed by atoms with Crippen LogP contribution >= 0.6 is 0 Å². The van der Waals surface area contributed by atoms with E-state index in [0.29, 0.717) is 0 Å². The number of hydrogen-bond donors (Lipinski definition) is 0. The molecule has 24 heavy (non-hydrogen) atoms. The van der Waals surface area contributed by atoms with Crippen LogP contribution in [0.3, 0.4) is 0 Å². The quantitative estimate of drug-likeness (QED) is 0.499. The third-order valence-electron chi connectivity index (χ3n) is 4.47. The average Bonchev–Trinajstić information content (AvgIpc) is 2.49. The third kappa shape index (κ3) is 2.79. The predicted octanol–water partition coefficient (Wildman–Crippen LogP) is 3.93. The van der Waals surface area contributed by atoms with Crippen molar-refractivity contribution in [2.45, 2.75) is 26.2 Å². The van der Waals surface area contributed by atoms with Gasteiger partial charge in [0.15, 0.2) is 0 Å². The molecule has 0 bridgehead atoms. The zero-order valence-electron chi connectivity index (χ0n) is 15.8. The van der Waals surface area contributed by atoms with E-state index < -0.39 is 0 Å². The lowest BCUT2D eigenvalue weighted by Crippen LogP contribution is -2.22. The Hall–Kier alpha value is -2.29. The minimum absolute atomic E-state index is 0.0343. The Morgan fingerprint density at radius 2 is 1.67 bits per heavy atom. The highest BCUT2D eigenvalue weighted by molar-refractivity contribution is 5.91. The summed E-state index contributed by atoms with van der Waals surface area (Å²) in [4.78, 5) is 2.10. The third-order valence-corrected chi connectivity index (χ3v) is 4.47. The fourth-order valence-electron chi connectivity index (χ4n) is 3.23. The number of hydrogen-bond acceptors (Lipinski definition) is 2. The summed E-state index contributed by atoms with van der Waals surface area (Å²) in [7, 11) is 8.21. The van der Waals surface area contributed by atoms with E-state index in [1.165, 1.54) is 16.5 Å². The van der Waals surface area contributed by atoms with E-state index in [9.17, 15) is 0 Å². The topological polar surface area (TPSA) is 19.4 Å². The molecule has 2 aliphatic rings. The molecule has 126 valence electrons. The van der Waals surface area contributed by atoms with Gasteiger partial charge in [0.05, 0.1) is 6.07 Å². The number of benzene rings is 2. The SMILES string of the molecule is CN(C)c1ccc2c(C(C)(C)C)c3ccc(=[N+](C)C)cc-3oc2c1. The van der Waals surface area contributed by atoms with Gasteiger partial charge in [0, 0.05) is 42.9 Å². The van der Waals surface area contributed by atoms with Gasteiger partial charge in [-0.05, 0) is 29.2 Å². The van der Waals surface area contributed by atoms with Gasteiger partial charge in [-0.3, -0.25) is 0 Å². The van der Waals surface area contributed by atoms with Crippen LogP contribution in [0.2, 0.25) is 0 Å². The Morgan fingerprint density at radius 1 is 0.958 bits per heavy atom. The summed E-state index contributed by atoms with van der Waals surface area (Å²) in [6.07, 6.45) is 0. The maximum absolute atomic E-state index is 6.31. The summed E-state index contributed by atoms with van der Waals surface area (Å²) in [6, 6.07) is 13.0. The molecule has 1 aromatic rings. The number of fused-ring (bicyclic) bond motifs is 2. The fraction of sp³-hybridized carbons (Fsp3) is 0.381. The summed E-state index contributed by atoms with van der Waals surface area (Å²) >= 11 is 0. The first-order valence-corrected chi connectivity index (χ1v) is 8.37. The highest BCUT2D eigenvalue weighted by Crippen LogP contribution is 2.40. The molecule has 0 spiro atoms. The molecule has 0 fully saturated rings. The summed E-state index contributed by atoms with van der Waals surface area (Å²) in [5.74, 6) is 0.939. The second-order valence-electron chi connectivity index (χ2n) is 7.88. The summed E-state index contributed by atoms with van der Waals surface area (Å²) in [6.45, 7) is 6.79. The first-order valence-electron chi connectivity index (χ1n) is 8.37. The van der Waals surface area contributed by atoms with Crippen LogP contribution in [0.25, 0.3) is 22.3 Å². The van der Waals surface area contributed by atoms with Crippen LogP contribution in [0.4, 0.5) is 5.69 Å². The molecule has 3 nitrogen and oxygen atoms in total. The molecule has 0 unspecified atom stereocenters. The van der Waals surface area contributed by atoms with Crippen molar-refractivity contribution < 1.29 is 4.42 Å². The average molecular weight is 323 g/mol. The predicted molar refractivity (Wildman–Crippen MR) is 103 cm³/mol. The lowest BCUT2D eigenvalue weighted by atomic mass is 9.80. The van der Waals surface area contributed by atoms with Crippen LogP contribution in [-0.4, -0.2) is 28.2 Å². The van der Waals surface area contributed by atoms with E-state index in [4.69, 9.17) is 4.42 Å². The first kappa shape index (κ1) is 16.6. The van der Waals surface area contributed by atoms with E-state index in [1.807, 2.05) is 0 Å². The molecule has 0 atom stereocenters. The highest BCUT2D eigenvalue weighted by atomic mass is 16.3. The molecular formula is C21H27N2O+. The lowest BCUT2D eigenvalue weighted by molar-refractivity contribution is 0.573. The van der Waals surface area contributed by atoms with Crippen LogP contribution in [0.15, 0.2) is 40.8 Å². The number of rotatable bonds is 1. The van der Waals surface area contributed by atoms with Gasteiger partial charge in [0.1, 0.15) is 25.4 Å². The fourth-order valence-corrected chi connectivity index (χ4v) is 3.23. The Morgan fingerprint density at radius 3 is 2.25 bits per heavy atom. The van der Waals surface area contributed by atoms with Crippen molar-refractivity contribution in [2.75, 3.05) is 33.1 Å². The Bertz CT molecular complexity index is 938. The first-order chi connectivity index (χ1) is 11.2. The van der Waals surface area contributed by atoms with Crippen molar-refractivity contribution in [3.05, 3.63) is 47.3 Å². The maximum Gasteiger partial charge on any atom is 0.203 e. The van der Waals surface area contributed by atoms with E-state index in [1.54, 1.807) is 0 Å². The van der Waals surface area contributed by atoms with Crippen LogP contribution < -0.4 is 14.8 Å². The molecule has 0 amide bonds. The molecule has 0 aromatic heterocycles. The van der Waals surface area contributed by atoms with Gasteiger partial charge in [0.2, 0.25) is 5.36 Å². The van der Waals surface area contributed by atoms with E-state index in [-0.39, 0.29) is 5.41 Å². The molecule has 1 aromatic carbocycles. The maximum atomic E-state index is 6.31. The Labute approximate surface area is 144 Å². The minimum atomic E-state index is 0.0343. The van der Waals surface area contributed by atoms with Gasteiger partial charge in [-0.25, -0.2) is 4.58 Å². The van der Waals surface area contributed by atoms with Crippen molar-refractivity contribution in [2.24, 2.45) is 0 Å². The zero-order valence-corrected chi connectivity index (χ0v) is 15.8. The number of anilines is 1. The molecule has 0 radical (unpaired) electrons. The molecule has 1 heterocycles. The highest BCUT2D eigenvalue weighted by Gasteiger charge is 2.25. The summed E-state index contributed by atoms with van der Waals surface area (Å²) < 4.78 is 8.41. The van der Waals surface area contributed by atoms with Crippen LogP contribution in [0, 0.1) is 0 Å². The minimum Gasteiger partial charge on any atom is -0.456 e. The molecule has 1 aliphatic carbocycles. The normalized spacial score (nSPS) is 12.0. The second kappa shape index (κ2) is 5.66. The molecule has 1 aliphatic heterocycles. The van der Waals surface area contributed by atoms with E-state index >= 15 is 0 Å². The van der Waals surface area contributed by atoms with Gasteiger partial charge < -0.3 is 9.32 Å². The van der Waals surface area contributed by atoms with Crippen LogP contribution in [0.5, 0.6) is 0 Å². The monoisotopic (exact) mass is 323 g/mol. The van der Waals surface area contributed by atoms with Gasteiger partial charge >= 0.3 is 0 Å². The largest absolute Gasteiger partial charge is 0.456 e. The smallest absolute Gasteiger partial charge is 0.203 e. The molecule has 0 saturated carbocycles. The van der Waals surface area contributed by atoms with Gasteiger partial charge in [-0.15, -0.1) is 0 Å². The second-order valence-corrected chi connectivity index (χ2v) is 7.88. The van der Waals surface area contributed by atoms with Crippen molar-refractivity contribution in [1.29, 1.82) is 0 Å². The number of nitrogens with zero attached hydrogens (tertiary/aromatic N) is 2. The van der Waals surface area contributed by atoms with Crippen molar-refractivity contribution in [3.8, 4) is 11.3 Å². The van der Waals surface area contributed by atoms with Crippen molar-refractivity contribution >= 4 is 16.7 Å². The Kier molecular flexibility index (Phi) is 3.90. The molecular weight excluding hydrogens is 296 g/mol. The molecule has 0 saturated heterocycles. The lowest BCUT2D eigenvalue weighted by Gasteiger charge is -2.26. The standard InChI is InChI=1S/C21H27N2O/c1-21(2,3)20-16-10-8-14(22(4)5)12-18(16)24-19-13-15(23(6)7)9-11-17(19)20/h8-13H,1-7H3/q+1. The summed E-state index contributed by atoms with van der Waals surface area (Å²) in [5.41, 5.74) is 4.66. The zero-order chi connectivity index (χ0) is 17.6. The van der Waals surface area contributed by atoms with E-state index in [2.05, 4.69) is 94.8 Å². The van der Waals surface area contributed by atoms with Gasteiger partial charge in [-0.1, -0.05) is 20.8 Å². The Balaban J connectivity index is 2.48. The van der Waals surface area contributed by atoms with E-state index in [0.717, 1.165) is 22.4 Å². The molecule has 3 heteroatoms. The summed E-state index contributed by atoms with van der Waals surface area (Å²) in [5, 5.41) is 2.34. The van der Waals surface area contributed by atoms with Crippen LogP contribution in [-0.2, 0) is 5.41 Å². The molecule has 0 N–H and O–H groups in total.